The monoisotopic (exact) mass is 389 g/mol. The van der Waals surface area contributed by atoms with Gasteiger partial charge in [0.15, 0.2) is 0 Å². The summed E-state index contributed by atoms with van der Waals surface area (Å²) in [4.78, 5) is 31.1. The highest BCUT2D eigenvalue weighted by Crippen LogP contribution is 2.25. The largest absolute Gasteiger partial charge is 0.347 e. The van der Waals surface area contributed by atoms with Crippen LogP contribution in [-0.4, -0.2) is 33.6 Å². The molecule has 1 amide bonds. The molecule has 1 aliphatic heterocycles. The van der Waals surface area contributed by atoms with Gasteiger partial charge in [0.25, 0.3) is 11.5 Å². The minimum Gasteiger partial charge on any atom is -0.347 e. The standard InChI is InChI=1S/C17H16ClN5O2S/c18-12-6-2-1-5-11(12)10-19-15(25)13-9-14(24)20-16-23(13)21-17(26-16)22-7-3-4-8-22/h1-2,5-6,9H,3-4,7-8,10H2,(H,19,25). The average Bonchev–Trinajstić information content (AvgIpc) is 3.29. The number of halogens is 1. The van der Waals surface area contributed by atoms with Crippen molar-refractivity contribution in [1.82, 2.24) is 19.9 Å². The Morgan fingerprint density at radius 2 is 2.04 bits per heavy atom. The molecule has 1 N–H and O–H groups in total. The second kappa shape index (κ2) is 7.05. The van der Waals surface area contributed by atoms with Crippen molar-refractivity contribution in [2.24, 2.45) is 0 Å². The van der Waals surface area contributed by atoms with E-state index in [1.807, 2.05) is 18.2 Å². The molecule has 0 bridgehead atoms. The Labute approximate surface area is 158 Å². The zero-order chi connectivity index (χ0) is 18.1. The number of aromatic nitrogens is 3. The third-order valence-electron chi connectivity index (χ3n) is 4.25. The van der Waals surface area contributed by atoms with Crippen LogP contribution in [0.4, 0.5) is 5.13 Å². The van der Waals surface area contributed by atoms with Gasteiger partial charge in [-0.25, -0.2) is 0 Å². The number of carbonyl (C=O) groups excluding carboxylic acids is 1. The third kappa shape index (κ3) is 3.30. The lowest BCUT2D eigenvalue weighted by atomic mass is 10.2. The number of fused-ring (bicyclic) bond motifs is 1. The maximum Gasteiger partial charge on any atom is 0.274 e. The molecule has 0 saturated carbocycles. The first kappa shape index (κ1) is 17.0. The lowest BCUT2D eigenvalue weighted by Crippen LogP contribution is -2.27. The molecule has 0 aliphatic carbocycles. The van der Waals surface area contributed by atoms with Crippen molar-refractivity contribution in [2.75, 3.05) is 18.0 Å². The van der Waals surface area contributed by atoms with Crippen LogP contribution < -0.4 is 15.8 Å². The molecular formula is C17H16ClN5O2S. The lowest BCUT2D eigenvalue weighted by molar-refractivity contribution is 0.0943. The number of hydrogen-bond acceptors (Lipinski definition) is 6. The first-order chi connectivity index (χ1) is 12.6. The van der Waals surface area contributed by atoms with E-state index in [4.69, 9.17) is 11.6 Å². The van der Waals surface area contributed by atoms with Crippen LogP contribution in [0.5, 0.6) is 0 Å². The molecule has 1 aliphatic rings. The highest BCUT2D eigenvalue weighted by molar-refractivity contribution is 7.20. The highest BCUT2D eigenvalue weighted by atomic mass is 35.5. The topological polar surface area (TPSA) is 79.6 Å². The van der Waals surface area contributed by atoms with Gasteiger partial charge < -0.3 is 10.2 Å². The predicted molar refractivity (Wildman–Crippen MR) is 101 cm³/mol. The van der Waals surface area contributed by atoms with E-state index in [1.165, 1.54) is 21.9 Å². The van der Waals surface area contributed by atoms with Crippen molar-refractivity contribution in [3.05, 3.63) is 57.0 Å². The zero-order valence-corrected chi connectivity index (χ0v) is 15.4. The van der Waals surface area contributed by atoms with Gasteiger partial charge in [-0.1, -0.05) is 41.1 Å². The number of carbonyl (C=O) groups is 1. The molecule has 0 unspecified atom stereocenters. The summed E-state index contributed by atoms with van der Waals surface area (Å²) in [7, 11) is 0. The fourth-order valence-corrected chi connectivity index (χ4v) is 4.07. The number of hydrogen-bond donors (Lipinski definition) is 1. The first-order valence-electron chi connectivity index (χ1n) is 8.29. The van der Waals surface area contributed by atoms with E-state index in [1.54, 1.807) is 6.07 Å². The fraction of sp³-hybridized carbons (Fsp3) is 0.294. The van der Waals surface area contributed by atoms with Crippen LogP contribution in [0.1, 0.15) is 28.9 Å². The second-order valence-corrected chi connectivity index (χ2v) is 7.37. The summed E-state index contributed by atoms with van der Waals surface area (Å²) in [6.07, 6.45) is 2.23. The van der Waals surface area contributed by atoms with Crippen molar-refractivity contribution in [2.45, 2.75) is 19.4 Å². The third-order valence-corrected chi connectivity index (χ3v) is 5.59. The van der Waals surface area contributed by atoms with Crippen molar-refractivity contribution in [3.63, 3.8) is 0 Å². The second-order valence-electron chi connectivity index (χ2n) is 6.03. The first-order valence-corrected chi connectivity index (χ1v) is 9.49. The number of anilines is 1. The fourth-order valence-electron chi connectivity index (χ4n) is 2.91. The smallest absolute Gasteiger partial charge is 0.274 e. The molecule has 4 rings (SSSR count). The van der Waals surface area contributed by atoms with Gasteiger partial charge in [-0.05, 0) is 24.5 Å². The van der Waals surface area contributed by atoms with E-state index in [2.05, 4.69) is 20.3 Å². The van der Waals surface area contributed by atoms with Crippen molar-refractivity contribution in [1.29, 1.82) is 0 Å². The normalized spacial score (nSPS) is 14.1. The number of nitrogens with zero attached hydrogens (tertiary/aromatic N) is 4. The van der Waals surface area contributed by atoms with E-state index < -0.39 is 11.5 Å². The van der Waals surface area contributed by atoms with Gasteiger partial charge in [0.05, 0.1) is 0 Å². The Morgan fingerprint density at radius 1 is 1.27 bits per heavy atom. The van der Waals surface area contributed by atoms with E-state index in [9.17, 15) is 9.59 Å². The number of nitrogens with one attached hydrogen (secondary N) is 1. The van der Waals surface area contributed by atoms with Gasteiger partial charge in [-0.3, -0.25) is 9.59 Å². The van der Waals surface area contributed by atoms with E-state index in [0.29, 0.717) is 9.98 Å². The van der Waals surface area contributed by atoms with E-state index >= 15 is 0 Å². The van der Waals surface area contributed by atoms with Gasteiger partial charge >= 0.3 is 0 Å². The molecule has 134 valence electrons. The Morgan fingerprint density at radius 3 is 2.81 bits per heavy atom. The van der Waals surface area contributed by atoms with Crippen LogP contribution in [0.2, 0.25) is 5.02 Å². The molecule has 1 aromatic carbocycles. The van der Waals surface area contributed by atoms with Crippen molar-refractivity contribution >= 4 is 38.9 Å². The zero-order valence-electron chi connectivity index (χ0n) is 13.8. The van der Waals surface area contributed by atoms with Gasteiger partial charge in [0.1, 0.15) is 5.69 Å². The summed E-state index contributed by atoms with van der Waals surface area (Å²) in [5.41, 5.74) is 0.523. The Kier molecular flexibility index (Phi) is 4.60. The van der Waals surface area contributed by atoms with Crippen molar-refractivity contribution in [3.8, 4) is 0 Å². The minimum absolute atomic E-state index is 0.175. The molecule has 1 saturated heterocycles. The minimum atomic E-state index is -0.454. The average molecular weight is 390 g/mol. The molecule has 0 radical (unpaired) electrons. The molecule has 0 atom stereocenters. The van der Waals surface area contributed by atoms with Crippen LogP contribution in [-0.2, 0) is 6.54 Å². The quantitative estimate of drug-likeness (QED) is 0.740. The Hall–Kier alpha value is -2.45. The van der Waals surface area contributed by atoms with Gasteiger partial charge in [-0.15, -0.1) is 5.10 Å². The SMILES string of the molecule is O=C(NCc1ccccc1Cl)c1cc(=O)nc2sc(N3CCCC3)nn12. The molecule has 1 fully saturated rings. The van der Waals surface area contributed by atoms with Gasteiger partial charge in [0, 0.05) is 30.7 Å². The molecule has 2 aromatic heterocycles. The predicted octanol–water partition coefficient (Wildman–Crippen LogP) is 2.33. The van der Waals surface area contributed by atoms with Crippen LogP contribution >= 0.6 is 22.9 Å². The van der Waals surface area contributed by atoms with E-state index in [0.717, 1.165) is 36.6 Å². The van der Waals surface area contributed by atoms with Crippen LogP contribution in [0.25, 0.3) is 4.96 Å². The summed E-state index contributed by atoms with van der Waals surface area (Å²) in [6.45, 7) is 2.12. The molecule has 3 aromatic rings. The number of amides is 1. The number of benzene rings is 1. The summed E-state index contributed by atoms with van der Waals surface area (Å²) in [5, 5.41) is 8.65. The van der Waals surface area contributed by atoms with E-state index in [-0.39, 0.29) is 12.2 Å². The maximum absolute atomic E-state index is 12.6. The Bertz CT molecular complexity index is 1030. The molecule has 9 heteroatoms. The van der Waals surface area contributed by atoms with Crippen LogP contribution in [0, 0.1) is 0 Å². The van der Waals surface area contributed by atoms with Gasteiger partial charge in [-0.2, -0.15) is 9.50 Å². The molecular weight excluding hydrogens is 374 g/mol. The summed E-state index contributed by atoms with van der Waals surface area (Å²) >= 11 is 7.44. The lowest BCUT2D eigenvalue weighted by Gasteiger charge is -2.11. The van der Waals surface area contributed by atoms with Crippen LogP contribution in [0.3, 0.4) is 0 Å². The Balaban J connectivity index is 1.63. The molecule has 0 spiro atoms. The molecule has 26 heavy (non-hydrogen) atoms. The number of rotatable bonds is 4. The van der Waals surface area contributed by atoms with Crippen molar-refractivity contribution < 1.29 is 4.79 Å². The summed E-state index contributed by atoms with van der Waals surface area (Å²) < 4.78 is 1.45. The van der Waals surface area contributed by atoms with Crippen LogP contribution in [0.15, 0.2) is 35.1 Å². The molecule has 3 heterocycles. The van der Waals surface area contributed by atoms with Gasteiger partial charge in [0.2, 0.25) is 10.1 Å². The molecule has 7 nitrogen and oxygen atoms in total. The summed E-state index contributed by atoms with van der Waals surface area (Å²) in [6, 6.07) is 8.49. The maximum atomic E-state index is 12.6. The highest BCUT2D eigenvalue weighted by Gasteiger charge is 2.20. The summed E-state index contributed by atoms with van der Waals surface area (Å²) in [5.74, 6) is -0.391.